The maximum Gasteiger partial charge on any atom is 0.257 e. The molecule has 1 saturated heterocycles. The molecule has 1 atom stereocenters. The third-order valence-electron chi connectivity index (χ3n) is 4.20. The van der Waals surface area contributed by atoms with Gasteiger partial charge in [0.1, 0.15) is 12.4 Å². The molecular formula is C19H21BrN2O2. The van der Waals surface area contributed by atoms with Crippen LogP contribution >= 0.6 is 15.9 Å². The number of amides is 1. The van der Waals surface area contributed by atoms with Crippen molar-refractivity contribution in [3.8, 4) is 5.75 Å². The summed E-state index contributed by atoms with van der Waals surface area (Å²) in [5, 5.41) is 0. The lowest BCUT2D eigenvalue weighted by Crippen LogP contribution is -2.45. The number of nitrogens with two attached hydrogens (primary N) is 1. The fourth-order valence-electron chi connectivity index (χ4n) is 2.90. The number of para-hydroxylation sites is 1. The van der Waals surface area contributed by atoms with Crippen LogP contribution in [0, 0.1) is 0 Å². The van der Waals surface area contributed by atoms with Gasteiger partial charge in [0.05, 0.1) is 5.56 Å². The summed E-state index contributed by atoms with van der Waals surface area (Å²) in [7, 11) is 0. The van der Waals surface area contributed by atoms with E-state index in [0.29, 0.717) is 24.5 Å². The fourth-order valence-corrected chi connectivity index (χ4v) is 3.30. The van der Waals surface area contributed by atoms with Gasteiger partial charge < -0.3 is 15.4 Å². The number of carbonyl (C=O) groups excluding carboxylic acids is 1. The lowest BCUT2D eigenvalue weighted by molar-refractivity contribution is 0.0704. The van der Waals surface area contributed by atoms with Gasteiger partial charge in [-0.25, -0.2) is 0 Å². The second kappa shape index (κ2) is 7.81. The summed E-state index contributed by atoms with van der Waals surface area (Å²) in [6, 6.07) is 15.4. The highest BCUT2D eigenvalue weighted by Gasteiger charge is 2.24. The monoisotopic (exact) mass is 388 g/mol. The van der Waals surface area contributed by atoms with E-state index in [1.807, 2.05) is 53.4 Å². The van der Waals surface area contributed by atoms with Crippen LogP contribution in [0.4, 0.5) is 0 Å². The van der Waals surface area contributed by atoms with Gasteiger partial charge in [0.15, 0.2) is 0 Å². The third kappa shape index (κ3) is 3.97. The summed E-state index contributed by atoms with van der Waals surface area (Å²) in [6.07, 6.45) is 1.93. The van der Waals surface area contributed by atoms with Crippen molar-refractivity contribution in [3.05, 3.63) is 64.1 Å². The summed E-state index contributed by atoms with van der Waals surface area (Å²) in [5.74, 6) is 0.602. The molecule has 3 rings (SSSR count). The van der Waals surface area contributed by atoms with E-state index < -0.39 is 0 Å². The van der Waals surface area contributed by atoms with E-state index in [2.05, 4.69) is 15.9 Å². The molecule has 0 bridgehead atoms. The first kappa shape index (κ1) is 17.0. The topological polar surface area (TPSA) is 55.6 Å². The highest BCUT2D eigenvalue weighted by Crippen LogP contribution is 2.24. The second-order valence-corrected chi connectivity index (χ2v) is 6.88. The standard InChI is InChI=1S/C19H21BrN2O2/c20-17-9-3-1-6-14(17)13-24-18-10-4-2-8-16(18)19(23)22-11-5-7-15(21)12-22/h1-4,6,8-10,15H,5,7,11-13,21H2. The van der Waals surface area contributed by atoms with Crippen molar-refractivity contribution >= 4 is 21.8 Å². The fraction of sp³-hybridized carbons (Fsp3) is 0.316. The molecule has 126 valence electrons. The Hall–Kier alpha value is -1.85. The lowest BCUT2D eigenvalue weighted by atomic mass is 10.0. The molecule has 5 heteroatoms. The summed E-state index contributed by atoms with van der Waals surface area (Å²) in [5.41, 5.74) is 7.64. The summed E-state index contributed by atoms with van der Waals surface area (Å²) >= 11 is 3.52. The van der Waals surface area contributed by atoms with E-state index in [1.54, 1.807) is 0 Å². The van der Waals surface area contributed by atoms with Crippen molar-refractivity contribution < 1.29 is 9.53 Å². The maximum absolute atomic E-state index is 12.8. The Morgan fingerprint density at radius 2 is 1.96 bits per heavy atom. The molecule has 1 unspecified atom stereocenters. The van der Waals surface area contributed by atoms with Gasteiger partial charge in [0.25, 0.3) is 5.91 Å². The Balaban J connectivity index is 1.75. The molecule has 1 aliphatic heterocycles. The normalized spacial score (nSPS) is 17.6. The molecule has 4 nitrogen and oxygen atoms in total. The number of ether oxygens (including phenoxy) is 1. The minimum atomic E-state index is -0.00660. The first-order valence-electron chi connectivity index (χ1n) is 8.15. The number of nitrogens with zero attached hydrogens (tertiary/aromatic N) is 1. The number of likely N-dealkylation sites (tertiary alicyclic amines) is 1. The molecule has 1 fully saturated rings. The molecule has 2 aromatic carbocycles. The van der Waals surface area contributed by atoms with E-state index in [1.165, 1.54) is 0 Å². The van der Waals surface area contributed by atoms with Crippen molar-refractivity contribution in [2.75, 3.05) is 13.1 Å². The zero-order valence-corrected chi connectivity index (χ0v) is 15.0. The van der Waals surface area contributed by atoms with Crippen LogP contribution < -0.4 is 10.5 Å². The first-order valence-corrected chi connectivity index (χ1v) is 8.94. The third-order valence-corrected chi connectivity index (χ3v) is 4.98. The molecule has 0 saturated carbocycles. The maximum atomic E-state index is 12.8. The van der Waals surface area contributed by atoms with Crippen molar-refractivity contribution in [1.82, 2.24) is 4.90 Å². The second-order valence-electron chi connectivity index (χ2n) is 6.03. The average molecular weight is 389 g/mol. The Bertz CT molecular complexity index is 720. The number of piperidine rings is 1. The predicted molar refractivity (Wildman–Crippen MR) is 98.0 cm³/mol. The van der Waals surface area contributed by atoms with Crippen molar-refractivity contribution in [1.29, 1.82) is 0 Å². The van der Waals surface area contributed by atoms with E-state index in [-0.39, 0.29) is 11.9 Å². The lowest BCUT2D eigenvalue weighted by Gasteiger charge is -2.31. The van der Waals surface area contributed by atoms with Crippen LogP contribution in [0.1, 0.15) is 28.8 Å². The van der Waals surface area contributed by atoms with Gasteiger partial charge in [-0.05, 0) is 31.0 Å². The van der Waals surface area contributed by atoms with E-state index >= 15 is 0 Å². The van der Waals surface area contributed by atoms with Crippen LogP contribution in [0.25, 0.3) is 0 Å². The first-order chi connectivity index (χ1) is 11.6. The van der Waals surface area contributed by atoms with Crippen LogP contribution in [0.5, 0.6) is 5.75 Å². The summed E-state index contributed by atoms with van der Waals surface area (Å²) in [6.45, 7) is 1.77. The molecule has 0 aromatic heterocycles. The Kier molecular flexibility index (Phi) is 5.53. The van der Waals surface area contributed by atoms with Crippen molar-refractivity contribution in [3.63, 3.8) is 0 Å². The van der Waals surface area contributed by atoms with Crippen LogP contribution in [-0.2, 0) is 6.61 Å². The molecule has 2 N–H and O–H groups in total. The summed E-state index contributed by atoms with van der Waals surface area (Å²) in [4.78, 5) is 14.7. The number of carbonyl (C=O) groups is 1. The van der Waals surface area contributed by atoms with Crippen molar-refractivity contribution in [2.24, 2.45) is 5.73 Å². The Labute approximate surface area is 150 Å². The Morgan fingerprint density at radius 1 is 1.21 bits per heavy atom. The number of hydrogen-bond acceptors (Lipinski definition) is 3. The molecule has 1 aliphatic rings. The van der Waals surface area contributed by atoms with Gasteiger partial charge in [0.2, 0.25) is 0 Å². The number of rotatable bonds is 4. The number of halogens is 1. The molecule has 1 heterocycles. The van der Waals surface area contributed by atoms with E-state index in [0.717, 1.165) is 29.4 Å². The molecule has 1 amide bonds. The predicted octanol–water partition coefficient (Wildman–Crippen LogP) is 3.59. The molecule has 0 spiro atoms. The zero-order valence-electron chi connectivity index (χ0n) is 13.5. The minimum Gasteiger partial charge on any atom is -0.488 e. The highest BCUT2D eigenvalue weighted by molar-refractivity contribution is 9.10. The van der Waals surface area contributed by atoms with E-state index in [4.69, 9.17) is 10.5 Å². The van der Waals surface area contributed by atoms with Crippen LogP contribution in [0.15, 0.2) is 53.0 Å². The largest absolute Gasteiger partial charge is 0.488 e. The zero-order chi connectivity index (χ0) is 16.9. The van der Waals surface area contributed by atoms with E-state index in [9.17, 15) is 4.79 Å². The van der Waals surface area contributed by atoms with Gasteiger partial charge in [-0.1, -0.05) is 46.3 Å². The highest BCUT2D eigenvalue weighted by atomic mass is 79.9. The smallest absolute Gasteiger partial charge is 0.257 e. The number of benzene rings is 2. The van der Waals surface area contributed by atoms with Gasteiger partial charge >= 0.3 is 0 Å². The average Bonchev–Trinajstić information content (AvgIpc) is 2.61. The molecule has 0 aliphatic carbocycles. The van der Waals surface area contributed by atoms with Gasteiger partial charge in [-0.15, -0.1) is 0 Å². The van der Waals surface area contributed by atoms with Crippen molar-refractivity contribution in [2.45, 2.75) is 25.5 Å². The molecule has 24 heavy (non-hydrogen) atoms. The quantitative estimate of drug-likeness (QED) is 0.870. The SMILES string of the molecule is NC1CCCN(C(=O)c2ccccc2OCc2ccccc2Br)C1. The molecular weight excluding hydrogens is 368 g/mol. The van der Waals surface area contributed by atoms with Crippen LogP contribution in [0.2, 0.25) is 0 Å². The molecule has 2 aromatic rings. The van der Waals surface area contributed by atoms with Gasteiger partial charge in [-0.2, -0.15) is 0 Å². The number of hydrogen-bond donors (Lipinski definition) is 1. The van der Waals surface area contributed by atoms with Gasteiger partial charge in [0, 0.05) is 29.2 Å². The minimum absolute atomic E-state index is 0.00660. The van der Waals surface area contributed by atoms with Crippen LogP contribution in [-0.4, -0.2) is 29.9 Å². The Morgan fingerprint density at radius 3 is 2.75 bits per heavy atom. The van der Waals surface area contributed by atoms with Crippen LogP contribution in [0.3, 0.4) is 0 Å². The summed E-state index contributed by atoms with van der Waals surface area (Å²) < 4.78 is 6.93. The molecule has 0 radical (unpaired) electrons. The van der Waals surface area contributed by atoms with Gasteiger partial charge in [-0.3, -0.25) is 4.79 Å².